The summed E-state index contributed by atoms with van der Waals surface area (Å²) in [5, 5.41) is 4.47. The Kier molecular flexibility index (Phi) is 9.41. The fraction of sp³-hybridized carbons (Fsp3) is 0.550. The van der Waals surface area contributed by atoms with Gasteiger partial charge in [-0.25, -0.2) is 9.98 Å². The van der Waals surface area contributed by atoms with Gasteiger partial charge < -0.3 is 19.9 Å². The highest BCUT2D eigenvalue weighted by atomic mass is 127. The van der Waals surface area contributed by atoms with Gasteiger partial charge in [0.2, 0.25) is 5.13 Å². The molecule has 0 atom stereocenters. The van der Waals surface area contributed by atoms with Gasteiger partial charge in [0.25, 0.3) is 0 Å². The van der Waals surface area contributed by atoms with Crippen molar-refractivity contribution in [1.29, 1.82) is 0 Å². The van der Waals surface area contributed by atoms with Crippen molar-refractivity contribution in [2.24, 2.45) is 4.99 Å². The molecule has 0 spiro atoms. The van der Waals surface area contributed by atoms with Gasteiger partial charge in [0.1, 0.15) is 11.6 Å². The van der Waals surface area contributed by atoms with E-state index < -0.39 is 0 Å². The predicted molar refractivity (Wildman–Crippen MR) is 131 cm³/mol. The molecule has 0 aliphatic carbocycles. The van der Waals surface area contributed by atoms with Crippen molar-refractivity contribution in [3.63, 3.8) is 0 Å². The molecule has 160 valence electrons. The first-order valence-electron chi connectivity index (χ1n) is 9.88. The van der Waals surface area contributed by atoms with Crippen LogP contribution in [-0.2, 0) is 13.0 Å². The molecule has 1 aliphatic rings. The van der Waals surface area contributed by atoms with Crippen LogP contribution in [-0.4, -0.2) is 60.1 Å². The minimum absolute atomic E-state index is 0. The number of guanidine groups is 1. The van der Waals surface area contributed by atoms with Crippen LogP contribution >= 0.6 is 35.5 Å². The SMILES string of the molecule is CCNC(=NCc1cc(C)cc(OC)c1)N1CCN(c2nc(CC)ns2)CC1.I. The van der Waals surface area contributed by atoms with Crippen LogP contribution in [0.25, 0.3) is 0 Å². The molecule has 0 unspecified atom stereocenters. The minimum Gasteiger partial charge on any atom is -0.497 e. The third kappa shape index (κ3) is 6.43. The van der Waals surface area contributed by atoms with Gasteiger partial charge in [-0.3, -0.25) is 0 Å². The van der Waals surface area contributed by atoms with Gasteiger partial charge in [0.05, 0.1) is 13.7 Å². The maximum atomic E-state index is 5.38. The summed E-state index contributed by atoms with van der Waals surface area (Å²) in [6, 6.07) is 6.25. The number of nitrogens with zero attached hydrogens (tertiary/aromatic N) is 5. The van der Waals surface area contributed by atoms with E-state index >= 15 is 0 Å². The van der Waals surface area contributed by atoms with Crippen molar-refractivity contribution < 1.29 is 4.74 Å². The van der Waals surface area contributed by atoms with E-state index in [0.717, 1.165) is 67.4 Å². The fourth-order valence-electron chi connectivity index (χ4n) is 3.25. The molecule has 3 rings (SSSR count). The summed E-state index contributed by atoms with van der Waals surface area (Å²) in [6.07, 6.45) is 0.886. The number of aliphatic imine (C=N–C) groups is 1. The first-order valence-corrected chi connectivity index (χ1v) is 10.7. The Labute approximate surface area is 194 Å². The summed E-state index contributed by atoms with van der Waals surface area (Å²) in [5.41, 5.74) is 2.35. The lowest BCUT2D eigenvalue weighted by Crippen LogP contribution is -2.52. The van der Waals surface area contributed by atoms with Crippen LogP contribution < -0.4 is 15.0 Å². The Morgan fingerprint density at radius 1 is 1.21 bits per heavy atom. The van der Waals surface area contributed by atoms with Gasteiger partial charge in [-0.1, -0.05) is 13.0 Å². The predicted octanol–water partition coefficient (Wildman–Crippen LogP) is 3.32. The van der Waals surface area contributed by atoms with E-state index in [1.165, 1.54) is 17.1 Å². The number of ether oxygens (including phenoxy) is 1. The Balaban J connectivity index is 0.00000300. The highest BCUT2D eigenvalue weighted by Gasteiger charge is 2.22. The second-order valence-electron chi connectivity index (χ2n) is 6.85. The maximum Gasteiger partial charge on any atom is 0.205 e. The van der Waals surface area contributed by atoms with Crippen LogP contribution in [0.4, 0.5) is 5.13 Å². The van der Waals surface area contributed by atoms with Gasteiger partial charge >= 0.3 is 0 Å². The summed E-state index contributed by atoms with van der Waals surface area (Å²) in [4.78, 5) is 14.1. The van der Waals surface area contributed by atoms with Crippen molar-refractivity contribution in [1.82, 2.24) is 19.6 Å². The molecule has 1 saturated heterocycles. The number of methoxy groups -OCH3 is 1. The molecule has 0 radical (unpaired) electrons. The van der Waals surface area contributed by atoms with Gasteiger partial charge in [-0.15, -0.1) is 24.0 Å². The molecule has 1 aromatic heterocycles. The molecule has 2 aromatic rings. The molecule has 7 nitrogen and oxygen atoms in total. The standard InChI is InChI=1S/C20H30N6OS.HI/c1-5-18-23-20(28-24-18)26-9-7-25(8-10-26)19(21-6-2)22-14-16-11-15(3)12-17(13-16)27-4;/h11-13H,5-10,14H2,1-4H3,(H,21,22);1H. The molecular weight excluding hydrogens is 499 g/mol. The molecule has 9 heteroatoms. The first kappa shape index (κ1) is 23.7. The van der Waals surface area contributed by atoms with E-state index in [1.807, 2.05) is 6.07 Å². The van der Waals surface area contributed by atoms with E-state index in [4.69, 9.17) is 9.73 Å². The molecular formula is C20H31IN6OS. The number of rotatable bonds is 6. The lowest BCUT2D eigenvalue weighted by molar-refractivity contribution is 0.372. The second kappa shape index (κ2) is 11.5. The number of piperazine rings is 1. The maximum absolute atomic E-state index is 5.38. The Morgan fingerprint density at radius 2 is 1.97 bits per heavy atom. The van der Waals surface area contributed by atoms with Gasteiger partial charge in [-0.2, -0.15) is 4.37 Å². The molecule has 0 amide bonds. The molecule has 0 bridgehead atoms. The topological polar surface area (TPSA) is 65.9 Å². The van der Waals surface area contributed by atoms with Crippen molar-refractivity contribution in [2.75, 3.05) is 44.7 Å². The van der Waals surface area contributed by atoms with Crippen LogP contribution in [0.2, 0.25) is 0 Å². The van der Waals surface area contributed by atoms with Gasteiger partial charge in [0.15, 0.2) is 5.96 Å². The lowest BCUT2D eigenvalue weighted by Gasteiger charge is -2.36. The Morgan fingerprint density at radius 3 is 2.59 bits per heavy atom. The Hall–Kier alpha value is -1.62. The van der Waals surface area contributed by atoms with Crippen molar-refractivity contribution >= 4 is 46.6 Å². The molecule has 1 aliphatic heterocycles. The summed E-state index contributed by atoms with van der Waals surface area (Å²) >= 11 is 1.50. The summed E-state index contributed by atoms with van der Waals surface area (Å²) in [6.45, 7) is 11.5. The molecule has 29 heavy (non-hydrogen) atoms. The number of halogens is 1. The molecule has 0 saturated carbocycles. The Bertz CT molecular complexity index is 804. The number of hydrogen-bond donors (Lipinski definition) is 1. The first-order chi connectivity index (χ1) is 13.6. The second-order valence-corrected chi connectivity index (χ2v) is 7.58. The van der Waals surface area contributed by atoms with Crippen LogP contribution in [0, 0.1) is 6.92 Å². The average Bonchev–Trinajstić information content (AvgIpc) is 3.20. The minimum atomic E-state index is 0. The molecule has 1 N–H and O–H groups in total. The van der Waals surface area contributed by atoms with Gasteiger partial charge in [0, 0.05) is 50.7 Å². The largest absolute Gasteiger partial charge is 0.497 e. The third-order valence-corrected chi connectivity index (χ3v) is 5.53. The zero-order valence-corrected chi connectivity index (χ0v) is 20.8. The number of hydrogen-bond acceptors (Lipinski definition) is 6. The zero-order valence-electron chi connectivity index (χ0n) is 17.6. The zero-order chi connectivity index (χ0) is 19.9. The van der Waals surface area contributed by atoms with Crippen LogP contribution in [0.1, 0.15) is 30.8 Å². The molecule has 2 heterocycles. The number of aryl methyl sites for hydroxylation is 2. The highest BCUT2D eigenvalue weighted by Crippen LogP contribution is 2.20. The van der Waals surface area contributed by atoms with E-state index in [0.29, 0.717) is 6.54 Å². The number of aromatic nitrogens is 2. The van der Waals surface area contributed by atoms with Crippen molar-refractivity contribution in [3.05, 3.63) is 35.2 Å². The summed E-state index contributed by atoms with van der Waals surface area (Å²) < 4.78 is 9.79. The molecule has 1 fully saturated rings. The highest BCUT2D eigenvalue weighted by molar-refractivity contribution is 14.0. The van der Waals surface area contributed by atoms with Crippen LogP contribution in [0.5, 0.6) is 5.75 Å². The number of nitrogens with one attached hydrogen (secondary N) is 1. The average molecular weight is 530 g/mol. The van der Waals surface area contributed by atoms with Crippen molar-refractivity contribution in [2.45, 2.75) is 33.7 Å². The lowest BCUT2D eigenvalue weighted by atomic mass is 10.1. The number of benzene rings is 1. The number of anilines is 1. The quantitative estimate of drug-likeness (QED) is 0.351. The van der Waals surface area contributed by atoms with E-state index in [2.05, 4.69) is 57.4 Å². The summed E-state index contributed by atoms with van der Waals surface area (Å²) in [5.74, 6) is 2.78. The smallest absolute Gasteiger partial charge is 0.205 e. The normalized spacial score (nSPS) is 14.6. The monoisotopic (exact) mass is 530 g/mol. The van der Waals surface area contributed by atoms with Crippen molar-refractivity contribution in [3.8, 4) is 5.75 Å². The van der Waals surface area contributed by atoms with E-state index in [9.17, 15) is 0 Å². The molecule has 1 aromatic carbocycles. The van der Waals surface area contributed by atoms with E-state index in [1.54, 1.807) is 7.11 Å². The fourth-order valence-corrected chi connectivity index (χ4v) is 4.05. The summed E-state index contributed by atoms with van der Waals surface area (Å²) in [7, 11) is 1.70. The third-order valence-electron chi connectivity index (χ3n) is 4.72. The van der Waals surface area contributed by atoms with E-state index in [-0.39, 0.29) is 24.0 Å². The van der Waals surface area contributed by atoms with Crippen LogP contribution in [0.15, 0.2) is 23.2 Å². The van der Waals surface area contributed by atoms with Gasteiger partial charge in [-0.05, 0) is 37.1 Å². The van der Waals surface area contributed by atoms with Crippen LogP contribution in [0.3, 0.4) is 0 Å².